The lowest BCUT2D eigenvalue weighted by atomic mass is 10.2. The Hall–Kier alpha value is -2.29. The third-order valence-electron chi connectivity index (χ3n) is 2.95. The summed E-state index contributed by atoms with van der Waals surface area (Å²) in [6.45, 7) is 1.93. The predicted octanol–water partition coefficient (Wildman–Crippen LogP) is 4.26. The highest BCUT2D eigenvalue weighted by molar-refractivity contribution is 7.11. The number of nitrogens with one attached hydrogen (secondary N) is 1. The molecule has 0 atom stereocenters. The molecule has 1 heterocycles. The Bertz CT molecular complexity index is 775. The molecule has 0 saturated heterocycles. The average Bonchev–Trinajstić information content (AvgIpc) is 2.90. The smallest absolute Gasteiger partial charge is 0.266 e. The topological polar surface area (TPSA) is 62.1 Å². The highest BCUT2D eigenvalue weighted by Gasteiger charge is 2.13. The number of halogens is 1. The zero-order valence-corrected chi connectivity index (χ0v) is 13.6. The number of nitrogens with zero attached hydrogens (tertiary/aromatic N) is 1. The molecule has 0 spiro atoms. The van der Waals surface area contributed by atoms with E-state index in [1.54, 1.807) is 24.3 Å². The molecule has 1 N–H and O–H groups in total. The van der Waals surface area contributed by atoms with Crippen molar-refractivity contribution in [2.75, 3.05) is 12.4 Å². The number of amides is 1. The predicted molar refractivity (Wildman–Crippen MR) is 89.3 cm³/mol. The number of hydrogen-bond donors (Lipinski definition) is 1. The summed E-state index contributed by atoms with van der Waals surface area (Å²) in [7, 11) is 1.49. The van der Waals surface area contributed by atoms with Crippen molar-refractivity contribution in [2.24, 2.45) is 0 Å². The first-order valence-corrected chi connectivity index (χ1v) is 7.61. The number of rotatable bonds is 4. The second-order valence-corrected chi connectivity index (χ2v) is 5.82. The van der Waals surface area contributed by atoms with Gasteiger partial charge in [-0.2, -0.15) is 5.26 Å². The van der Waals surface area contributed by atoms with Gasteiger partial charge in [0.25, 0.3) is 5.91 Å². The van der Waals surface area contributed by atoms with Crippen LogP contribution in [0.5, 0.6) is 5.75 Å². The van der Waals surface area contributed by atoms with Crippen LogP contribution in [0.2, 0.25) is 5.02 Å². The Kier molecular flexibility index (Phi) is 5.21. The summed E-state index contributed by atoms with van der Waals surface area (Å²) in [5.74, 6) is -0.0294. The molecule has 1 aromatic heterocycles. The molecule has 0 aliphatic carbocycles. The monoisotopic (exact) mass is 332 g/mol. The second kappa shape index (κ2) is 7.12. The molecule has 1 amide bonds. The number of anilines is 1. The molecular weight excluding hydrogens is 320 g/mol. The van der Waals surface area contributed by atoms with Crippen LogP contribution in [0, 0.1) is 18.3 Å². The maximum absolute atomic E-state index is 12.3. The van der Waals surface area contributed by atoms with E-state index in [-0.39, 0.29) is 5.57 Å². The first-order chi connectivity index (χ1) is 10.5. The maximum Gasteiger partial charge on any atom is 0.266 e. The fourth-order valence-electron chi connectivity index (χ4n) is 1.78. The van der Waals surface area contributed by atoms with Gasteiger partial charge in [-0.3, -0.25) is 4.79 Å². The van der Waals surface area contributed by atoms with Crippen LogP contribution in [0.1, 0.15) is 10.4 Å². The van der Waals surface area contributed by atoms with Crippen LogP contribution in [-0.4, -0.2) is 13.0 Å². The van der Waals surface area contributed by atoms with E-state index in [2.05, 4.69) is 5.32 Å². The maximum atomic E-state index is 12.3. The number of aryl methyl sites for hydroxylation is 1. The molecule has 112 valence electrons. The summed E-state index contributed by atoms with van der Waals surface area (Å²) in [6, 6.07) is 8.74. The highest BCUT2D eigenvalue weighted by atomic mass is 35.5. The van der Waals surface area contributed by atoms with Crippen LogP contribution >= 0.6 is 22.9 Å². The van der Waals surface area contributed by atoms with Gasteiger partial charge in [0.15, 0.2) is 0 Å². The zero-order chi connectivity index (χ0) is 16.1. The normalized spacial score (nSPS) is 10.9. The Balaban J connectivity index is 2.28. The van der Waals surface area contributed by atoms with E-state index in [9.17, 15) is 10.1 Å². The number of thiophene rings is 1. The largest absolute Gasteiger partial charge is 0.495 e. The van der Waals surface area contributed by atoms with Crippen molar-refractivity contribution >= 4 is 40.6 Å². The molecule has 0 aliphatic rings. The fraction of sp³-hybridized carbons (Fsp3) is 0.125. The Morgan fingerprint density at radius 3 is 2.82 bits per heavy atom. The number of methoxy groups -OCH3 is 1. The van der Waals surface area contributed by atoms with E-state index in [1.165, 1.54) is 18.4 Å². The minimum Gasteiger partial charge on any atom is -0.495 e. The van der Waals surface area contributed by atoms with E-state index in [0.29, 0.717) is 16.5 Å². The summed E-state index contributed by atoms with van der Waals surface area (Å²) in [5, 5.41) is 14.2. The van der Waals surface area contributed by atoms with E-state index < -0.39 is 5.91 Å². The summed E-state index contributed by atoms with van der Waals surface area (Å²) >= 11 is 7.40. The molecule has 22 heavy (non-hydrogen) atoms. The van der Waals surface area contributed by atoms with Crippen molar-refractivity contribution in [2.45, 2.75) is 6.92 Å². The zero-order valence-electron chi connectivity index (χ0n) is 12.0. The molecule has 6 heteroatoms. The van der Waals surface area contributed by atoms with Crippen LogP contribution in [0.25, 0.3) is 6.08 Å². The first-order valence-electron chi connectivity index (χ1n) is 6.36. The standard InChI is InChI=1S/C16H13ClN2O2S/c1-10-5-6-22-15(10)7-11(9-18)16(20)19-13-8-12(17)3-4-14(13)21-2/h3-8H,1-2H3,(H,19,20)/b11-7+. The number of benzene rings is 1. The van der Waals surface area contributed by atoms with Crippen LogP contribution < -0.4 is 10.1 Å². The molecule has 1 aromatic carbocycles. The lowest BCUT2D eigenvalue weighted by molar-refractivity contribution is -0.112. The molecule has 0 unspecified atom stereocenters. The van der Waals surface area contributed by atoms with E-state index in [1.807, 2.05) is 24.4 Å². The van der Waals surface area contributed by atoms with Gasteiger partial charge in [0.1, 0.15) is 17.4 Å². The van der Waals surface area contributed by atoms with Crippen molar-refractivity contribution in [3.8, 4) is 11.8 Å². The van der Waals surface area contributed by atoms with Crippen LogP contribution in [0.4, 0.5) is 5.69 Å². The van der Waals surface area contributed by atoms with Gasteiger partial charge in [-0.05, 0) is 48.2 Å². The average molecular weight is 333 g/mol. The SMILES string of the molecule is COc1ccc(Cl)cc1NC(=O)/C(C#N)=C/c1sccc1C. The van der Waals surface area contributed by atoms with Crippen molar-refractivity contribution < 1.29 is 9.53 Å². The number of carbonyl (C=O) groups excluding carboxylic acids is 1. The Labute approximate surface area is 137 Å². The van der Waals surface area contributed by atoms with Crippen molar-refractivity contribution in [3.63, 3.8) is 0 Å². The second-order valence-electron chi connectivity index (χ2n) is 4.44. The summed E-state index contributed by atoms with van der Waals surface area (Å²) in [5.41, 5.74) is 1.46. The van der Waals surface area contributed by atoms with Crippen molar-refractivity contribution in [1.29, 1.82) is 5.26 Å². The summed E-state index contributed by atoms with van der Waals surface area (Å²) in [6.07, 6.45) is 1.58. The highest BCUT2D eigenvalue weighted by Crippen LogP contribution is 2.28. The molecule has 0 aliphatic heterocycles. The number of carbonyl (C=O) groups is 1. The third-order valence-corrected chi connectivity index (χ3v) is 4.15. The minimum atomic E-state index is -0.504. The van der Waals surface area contributed by atoms with Gasteiger partial charge in [0.05, 0.1) is 12.8 Å². The van der Waals surface area contributed by atoms with Gasteiger partial charge >= 0.3 is 0 Å². The molecule has 0 fully saturated rings. The third kappa shape index (κ3) is 3.67. The fourth-order valence-corrected chi connectivity index (χ4v) is 2.81. The molecule has 2 aromatic rings. The summed E-state index contributed by atoms with van der Waals surface area (Å²) < 4.78 is 5.17. The van der Waals surface area contributed by atoms with Gasteiger partial charge < -0.3 is 10.1 Å². The molecule has 2 rings (SSSR count). The van der Waals surface area contributed by atoms with Crippen LogP contribution in [-0.2, 0) is 4.79 Å². The van der Waals surface area contributed by atoms with Gasteiger partial charge in [0, 0.05) is 9.90 Å². The van der Waals surface area contributed by atoms with E-state index in [0.717, 1.165) is 10.4 Å². The van der Waals surface area contributed by atoms with Crippen LogP contribution in [0.3, 0.4) is 0 Å². The number of ether oxygens (including phenoxy) is 1. The van der Waals surface area contributed by atoms with E-state index in [4.69, 9.17) is 16.3 Å². The molecule has 0 saturated carbocycles. The number of hydrogen-bond acceptors (Lipinski definition) is 4. The lowest BCUT2D eigenvalue weighted by Gasteiger charge is -2.10. The van der Waals surface area contributed by atoms with Crippen molar-refractivity contribution in [1.82, 2.24) is 0 Å². The van der Waals surface area contributed by atoms with Gasteiger partial charge in [-0.1, -0.05) is 11.6 Å². The molecular formula is C16H13ClN2O2S. The Morgan fingerprint density at radius 2 is 2.23 bits per heavy atom. The van der Waals surface area contributed by atoms with Crippen molar-refractivity contribution in [3.05, 3.63) is 50.7 Å². The first kappa shape index (κ1) is 16.1. The van der Waals surface area contributed by atoms with Gasteiger partial charge in [0.2, 0.25) is 0 Å². The number of nitriles is 1. The van der Waals surface area contributed by atoms with Gasteiger partial charge in [-0.25, -0.2) is 0 Å². The molecule has 0 bridgehead atoms. The Morgan fingerprint density at radius 1 is 1.45 bits per heavy atom. The van der Waals surface area contributed by atoms with Gasteiger partial charge in [-0.15, -0.1) is 11.3 Å². The van der Waals surface area contributed by atoms with Crippen LogP contribution in [0.15, 0.2) is 35.2 Å². The lowest BCUT2D eigenvalue weighted by Crippen LogP contribution is -2.14. The minimum absolute atomic E-state index is 0.0209. The summed E-state index contributed by atoms with van der Waals surface area (Å²) in [4.78, 5) is 13.1. The van der Waals surface area contributed by atoms with E-state index >= 15 is 0 Å². The molecule has 4 nitrogen and oxygen atoms in total. The quantitative estimate of drug-likeness (QED) is 0.672. The molecule has 0 radical (unpaired) electrons.